The highest BCUT2D eigenvalue weighted by Gasteiger charge is 2.75. The highest BCUT2D eigenvalue weighted by molar-refractivity contribution is 5.91. The van der Waals surface area contributed by atoms with Crippen molar-refractivity contribution in [1.29, 1.82) is 0 Å². The van der Waals surface area contributed by atoms with Gasteiger partial charge in [0, 0.05) is 22.9 Å². The number of esters is 1. The van der Waals surface area contributed by atoms with E-state index in [0.717, 1.165) is 37.2 Å². The van der Waals surface area contributed by atoms with E-state index in [4.69, 9.17) is 15.2 Å². The van der Waals surface area contributed by atoms with Gasteiger partial charge in [-0.2, -0.15) is 0 Å². The van der Waals surface area contributed by atoms with Gasteiger partial charge in [0.1, 0.15) is 0 Å². The van der Waals surface area contributed by atoms with Crippen molar-refractivity contribution in [2.75, 3.05) is 7.11 Å². The molecule has 2 N–H and O–H groups in total. The molecule has 0 radical (unpaired) electrons. The number of carbonyl (C=O) groups excluding carboxylic acids is 1. The van der Waals surface area contributed by atoms with E-state index in [1.807, 2.05) is 0 Å². The minimum Gasteiger partial charge on any atom is -0.466 e. The fourth-order valence-corrected chi connectivity index (χ4v) is 7.61. The fraction of sp³-hybridized carbons (Fsp3) is 0.875. The molecule has 4 bridgehead atoms. The first kappa shape index (κ1) is 20.4. The highest BCUT2D eigenvalue weighted by Crippen LogP contribution is 2.69. The van der Waals surface area contributed by atoms with Gasteiger partial charge in [-0.1, -0.05) is 52.9 Å². The second-order valence-electron chi connectivity index (χ2n) is 10.8. The molecule has 5 rings (SSSR count). The fourth-order valence-electron chi connectivity index (χ4n) is 7.61. The Morgan fingerprint density at radius 1 is 1.32 bits per heavy atom. The Balaban J connectivity index is 1.71. The average molecular weight is 390 g/mol. The molecule has 7 atom stereocenters. The smallest absolute Gasteiger partial charge is 0.333 e. The van der Waals surface area contributed by atoms with Gasteiger partial charge in [-0.3, -0.25) is 0 Å². The predicted octanol–water partition coefficient (Wildman–Crippen LogP) is 4.61. The Bertz CT molecular complexity index is 673. The van der Waals surface area contributed by atoms with Crippen LogP contribution in [0.4, 0.5) is 0 Å². The van der Waals surface area contributed by atoms with Crippen molar-refractivity contribution in [2.45, 2.75) is 95.8 Å². The van der Waals surface area contributed by atoms with E-state index in [2.05, 4.69) is 33.8 Å². The van der Waals surface area contributed by atoms with Crippen molar-refractivity contribution in [2.24, 2.45) is 35.3 Å². The van der Waals surface area contributed by atoms with Crippen molar-refractivity contribution in [3.63, 3.8) is 0 Å². The molecule has 28 heavy (non-hydrogen) atoms. The monoisotopic (exact) mass is 389 g/mol. The Morgan fingerprint density at radius 3 is 2.75 bits per heavy atom. The lowest BCUT2D eigenvalue weighted by Crippen LogP contribution is -2.72. The first-order valence-corrected chi connectivity index (χ1v) is 11.5. The topological polar surface area (TPSA) is 61.5 Å². The number of carbonyl (C=O) groups is 1. The summed E-state index contributed by atoms with van der Waals surface area (Å²) >= 11 is 0. The molecule has 7 unspecified atom stereocenters. The second kappa shape index (κ2) is 6.84. The van der Waals surface area contributed by atoms with E-state index in [9.17, 15) is 4.79 Å². The van der Waals surface area contributed by atoms with Crippen LogP contribution < -0.4 is 5.73 Å². The Kier molecular flexibility index (Phi) is 4.98. The first-order valence-electron chi connectivity index (χ1n) is 11.5. The van der Waals surface area contributed by atoms with Gasteiger partial charge >= 0.3 is 5.97 Å². The molecule has 5 aliphatic rings. The number of nitrogens with two attached hydrogens (primary N) is 1. The minimum absolute atomic E-state index is 0.0463. The standard InChI is InChI=1S/C24H39NO3/c1-15(2)9-8-10-16(3)18-14-24(25)19-11-6-7-12-23(19)13-17(21(26)27-5)20(24)22(18,4)28-23/h13,15-16,18-20H,6-12,14,25H2,1-5H3. The van der Waals surface area contributed by atoms with E-state index in [1.54, 1.807) is 0 Å². The maximum absolute atomic E-state index is 12.8. The highest BCUT2D eigenvalue weighted by atomic mass is 16.5. The number of ether oxygens (including phenoxy) is 2. The lowest BCUT2D eigenvalue weighted by atomic mass is 9.53. The maximum Gasteiger partial charge on any atom is 0.333 e. The van der Waals surface area contributed by atoms with Crippen LogP contribution in [0.5, 0.6) is 0 Å². The Hall–Kier alpha value is -0.870. The quantitative estimate of drug-likeness (QED) is 0.674. The molecule has 2 aliphatic heterocycles. The van der Waals surface area contributed by atoms with Crippen LogP contribution in [0, 0.1) is 29.6 Å². The summed E-state index contributed by atoms with van der Waals surface area (Å²) in [4.78, 5) is 12.8. The van der Waals surface area contributed by atoms with E-state index in [1.165, 1.54) is 32.8 Å². The molecule has 0 aromatic heterocycles. The van der Waals surface area contributed by atoms with E-state index < -0.39 is 0 Å². The van der Waals surface area contributed by atoms with Crippen molar-refractivity contribution < 1.29 is 14.3 Å². The molecule has 3 fully saturated rings. The summed E-state index contributed by atoms with van der Waals surface area (Å²) in [5, 5.41) is 0. The SMILES string of the molecule is COC(=O)C1=CC23CCCCC2C2(N)CC(C(C)CCCC(C)C)C(C)(O3)C12. The summed E-state index contributed by atoms with van der Waals surface area (Å²) in [5.74, 6) is 1.76. The number of hydrogen-bond donors (Lipinski definition) is 1. The van der Waals surface area contributed by atoms with Crippen molar-refractivity contribution >= 4 is 5.97 Å². The number of methoxy groups -OCH3 is 1. The van der Waals surface area contributed by atoms with Crippen molar-refractivity contribution in [3.05, 3.63) is 11.6 Å². The normalized spacial score (nSPS) is 45.0. The van der Waals surface area contributed by atoms with E-state index in [0.29, 0.717) is 17.8 Å². The summed E-state index contributed by atoms with van der Waals surface area (Å²) in [5.41, 5.74) is 7.00. The summed E-state index contributed by atoms with van der Waals surface area (Å²) in [6.07, 6.45) is 11.3. The Labute approximate surface area is 170 Å². The third-order valence-corrected chi connectivity index (χ3v) is 8.64. The molecule has 1 saturated heterocycles. The van der Waals surface area contributed by atoms with Crippen LogP contribution in [-0.2, 0) is 14.3 Å². The van der Waals surface area contributed by atoms with Crippen LogP contribution in [0.25, 0.3) is 0 Å². The lowest BCUT2D eigenvalue weighted by molar-refractivity contribution is -0.247. The van der Waals surface area contributed by atoms with Gasteiger partial charge in [-0.15, -0.1) is 0 Å². The molecule has 0 amide bonds. The van der Waals surface area contributed by atoms with Gasteiger partial charge in [0.05, 0.1) is 18.3 Å². The van der Waals surface area contributed by atoms with E-state index in [-0.39, 0.29) is 28.6 Å². The summed E-state index contributed by atoms with van der Waals surface area (Å²) in [6, 6.07) is 0. The predicted molar refractivity (Wildman–Crippen MR) is 111 cm³/mol. The zero-order valence-corrected chi connectivity index (χ0v) is 18.4. The van der Waals surface area contributed by atoms with Gasteiger partial charge in [0.2, 0.25) is 0 Å². The Morgan fingerprint density at radius 2 is 2.07 bits per heavy atom. The van der Waals surface area contributed by atoms with Crippen molar-refractivity contribution in [1.82, 2.24) is 0 Å². The van der Waals surface area contributed by atoms with Gasteiger partial charge in [-0.25, -0.2) is 4.79 Å². The molecular formula is C24H39NO3. The van der Waals surface area contributed by atoms with Crippen LogP contribution >= 0.6 is 0 Å². The van der Waals surface area contributed by atoms with Gasteiger partial charge in [0.15, 0.2) is 0 Å². The zero-order chi connectivity index (χ0) is 20.3. The summed E-state index contributed by atoms with van der Waals surface area (Å²) in [7, 11) is 1.49. The summed E-state index contributed by atoms with van der Waals surface area (Å²) < 4.78 is 12.2. The van der Waals surface area contributed by atoms with Crippen LogP contribution in [0.1, 0.15) is 79.1 Å². The van der Waals surface area contributed by atoms with Crippen LogP contribution in [-0.4, -0.2) is 29.8 Å². The molecule has 4 heteroatoms. The first-order chi connectivity index (χ1) is 13.2. The minimum atomic E-state index is -0.369. The van der Waals surface area contributed by atoms with Crippen LogP contribution in [0.2, 0.25) is 0 Å². The van der Waals surface area contributed by atoms with E-state index >= 15 is 0 Å². The molecule has 2 saturated carbocycles. The molecule has 0 aromatic rings. The second-order valence-corrected chi connectivity index (χ2v) is 10.8. The largest absolute Gasteiger partial charge is 0.466 e. The third-order valence-electron chi connectivity index (χ3n) is 8.64. The molecule has 2 heterocycles. The van der Waals surface area contributed by atoms with Gasteiger partial charge < -0.3 is 15.2 Å². The third kappa shape index (κ3) is 2.74. The molecule has 4 nitrogen and oxygen atoms in total. The van der Waals surface area contributed by atoms with Gasteiger partial charge in [0.25, 0.3) is 0 Å². The molecule has 1 spiro atoms. The lowest BCUT2D eigenvalue weighted by Gasteiger charge is -2.63. The van der Waals surface area contributed by atoms with Crippen molar-refractivity contribution in [3.8, 4) is 0 Å². The molecule has 0 aromatic carbocycles. The number of hydrogen-bond acceptors (Lipinski definition) is 4. The zero-order valence-electron chi connectivity index (χ0n) is 18.4. The molecule has 3 aliphatic carbocycles. The molecular weight excluding hydrogens is 350 g/mol. The molecule has 158 valence electrons. The van der Waals surface area contributed by atoms with Crippen LogP contribution in [0.15, 0.2) is 11.6 Å². The average Bonchev–Trinajstić information content (AvgIpc) is 2.84. The summed E-state index contributed by atoms with van der Waals surface area (Å²) in [6.45, 7) is 9.21. The van der Waals surface area contributed by atoms with Gasteiger partial charge in [-0.05, 0) is 50.0 Å². The maximum atomic E-state index is 12.8. The van der Waals surface area contributed by atoms with Crippen LogP contribution in [0.3, 0.4) is 0 Å². The number of rotatable bonds is 6.